The van der Waals surface area contributed by atoms with Crippen LogP contribution in [-0.4, -0.2) is 53.2 Å². The molecule has 1 amide bonds. The molecule has 3 aliphatic carbocycles. The minimum Gasteiger partial charge on any atom is -0.374 e. The normalized spacial score (nSPS) is 40.5. The van der Waals surface area contributed by atoms with Crippen LogP contribution >= 0.6 is 0 Å². The van der Waals surface area contributed by atoms with E-state index < -0.39 is 14.7 Å². The maximum Gasteiger partial charge on any atom is 0.504 e. The SMILES string of the molecule is CCCNC1CC([Si](OCC)(OCC)OCC)C2C3C1CCCC3C1NC(=O)C(C#N)C12. The molecule has 0 bridgehead atoms. The summed E-state index contributed by atoms with van der Waals surface area (Å²) in [6.45, 7) is 10.9. The Morgan fingerprint density at radius 2 is 1.69 bits per heavy atom. The summed E-state index contributed by atoms with van der Waals surface area (Å²) < 4.78 is 19.4. The van der Waals surface area contributed by atoms with Gasteiger partial charge in [0, 0.05) is 43.4 Å². The van der Waals surface area contributed by atoms with Gasteiger partial charge in [0.15, 0.2) is 0 Å². The van der Waals surface area contributed by atoms with Crippen molar-refractivity contribution < 1.29 is 18.1 Å². The molecule has 1 heterocycles. The van der Waals surface area contributed by atoms with Crippen molar-refractivity contribution in [3.05, 3.63) is 0 Å². The van der Waals surface area contributed by atoms with Crippen molar-refractivity contribution in [3.8, 4) is 6.07 Å². The van der Waals surface area contributed by atoms with Crippen LogP contribution in [0.4, 0.5) is 0 Å². The fraction of sp³-hybridized carbons (Fsp3) is 0.917. The molecule has 9 atom stereocenters. The van der Waals surface area contributed by atoms with Gasteiger partial charge in [-0.15, -0.1) is 0 Å². The van der Waals surface area contributed by atoms with Gasteiger partial charge >= 0.3 is 8.80 Å². The summed E-state index contributed by atoms with van der Waals surface area (Å²) in [5.74, 6) is 1.12. The molecule has 1 saturated heterocycles. The number of nitrogens with one attached hydrogen (secondary N) is 2. The highest BCUT2D eigenvalue weighted by Gasteiger charge is 2.70. The average Bonchev–Trinajstić information content (AvgIpc) is 3.28. The Bertz CT molecular complexity index is 699. The second-order valence-corrected chi connectivity index (χ2v) is 12.8. The van der Waals surface area contributed by atoms with Crippen molar-refractivity contribution in [2.75, 3.05) is 26.4 Å². The predicted molar refractivity (Wildman–Crippen MR) is 123 cm³/mol. The lowest BCUT2D eigenvalue weighted by atomic mass is 9.61. The fourth-order valence-electron chi connectivity index (χ4n) is 7.87. The highest BCUT2D eigenvalue weighted by atomic mass is 28.4. The van der Waals surface area contributed by atoms with Crippen molar-refractivity contribution >= 4 is 14.7 Å². The third-order valence-corrected chi connectivity index (χ3v) is 12.2. The number of rotatable bonds is 10. The Hall–Kier alpha value is -0.983. The van der Waals surface area contributed by atoms with E-state index in [1.165, 1.54) is 12.8 Å². The monoisotopic (exact) mass is 463 g/mol. The molecule has 0 aromatic carbocycles. The predicted octanol–water partition coefficient (Wildman–Crippen LogP) is 3.09. The Balaban J connectivity index is 1.80. The number of nitriles is 1. The topological polar surface area (TPSA) is 92.6 Å². The molecular weight excluding hydrogens is 422 g/mol. The van der Waals surface area contributed by atoms with E-state index in [0.29, 0.717) is 43.6 Å². The zero-order valence-electron chi connectivity index (χ0n) is 20.1. The lowest BCUT2D eigenvalue weighted by Crippen LogP contribution is -2.60. The Kier molecular flexibility index (Phi) is 7.62. The first-order chi connectivity index (χ1) is 15.6. The van der Waals surface area contributed by atoms with Crippen LogP contribution in [0.5, 0.6) is 0 Å². The lowest BCUT2D eigenvalue weighted by Gasteiger charge is -2.53. The van der Waals surface area contributed by atoms with E-state index in [0.717, 1.165) is 25.8 Å². The van der Waals surface area contributed by atoms with Gasteiger partial charge in [-0.1, -0.05) is 13.3 Å². The van der Waals surface area contributed by atoms with Gasteiger partial charge in [0.25, 0.3) is 0 Å². The Morgan fingerprint density at radius 1 is 1.03 bits per heavy atom. The van der Waals surface area contributed by atoms with E-state index in [1.807, 2.05) is 20.8 Å². The third kappa shape index (κ3) is 3.84. The summed E-state index contributed by atoms with van der Waals surface area (Å²) in [6.07, 6.45) is 5.61. The molecule has 0 spiro atoms. The molecule has 2 N–H and O–H groups in total. The van der Waals surface area contributed by atoms with E-state index in [-0.39, 0.29) is 29.3 Å². The summed E-state index contributed by atoms with van der Waals surface area (Å²) in [7, 11) is -3.02. The quantitative estimate of drug-likeness (QED) is 0.484. The average molecular weight is 464 g/mol. The van der Waals surface area contributed by atoms with E-state index >= 15 is 0 Å². The van der Waals surface area contributed by atoms with Gasteiger partial charge in [0.05, 0.1) is 6.07 Å². The molecule has 3 saturated carbocycles. The molecular formula is C24H41N3O4Si. The minimum atomic E-state index is -3.02. The van der Waals surface area contributed by atoms with E-state index in [4.69, 9.17) is 13.3 Å². The van der Waals surface area contributed by atoms with E-state index in [9.17, 15) is 10.1 Å². The molecule has 1 aliphatic heterocycles. The summed E-state index contributed by atoms with van der Waals surface area (Å²) in [6, 6.07) is 2.89. The second kappa shape index (κ2) is 10.1. The van der Waals surface area contributed by atoms with E-state index in [2.05, 4.69) is 23.6 Å². The van der Waals surface area contributed by atoms with Crippen molar-refractivity contribution in [1.29, 1.82) is 5.26 Å². The maximum atomic E-state index is 12.8. The van der Waals surface area contributed by atoms with Crippen molar-refractivity contribution in [2.45, 2.75) is 77.4 Å². The highest BCUT2D eigenvalue weighted by Crippen LogP contribution is 2.65. The van der Waals surface area contributed by atoms with Crippen LogP contribution in [0, 0.1) is 46.8 Å². The van der Waals surface area contributed by atoms with Crippen molar-refractivity contribution in [2.24, 2.45) is 35.5 Å². The second-order valence-electron chi connectivity index (χ2n) is 9.94. The van der Waals surface area contributed by atoms with E-state index in [1.54, 1.807) is 0 Å². The number of carbonyl (C=O) groups excluding carboxylic acids is 1. The number of amides is 1. The van der Waals surface area contributed by atoms with Crippen molar-refractivity contribution in [3.63, 3.8) is 0 Å². The molecule has 180 valence electrons. The standard InChI is InChI=1S/C24H41N3O4Si/c1-5-12-26-18-13-19(32(29-6-2,30-7-3)31-8-4)22-20-15(18)10-9-11-16(20)23-21(22)17(14-25)24(28)27-23/h15-23,26H,5-13H2,1-4H3,(H,27,28). The molecule has 7 nitrogen and oxygen atoms in total. The smallest absolute Gasteiger partial charge is 0.374 e. The van der Waals surface area contributed by atoms with Crippen LogP contribution in [0.2, 0.25) is 5.54 Å². The van der Waals surface area contributed by atoms with Crippen LogP contribution in [0.3, 0.4) is 0 Å². The van der Waals surface area contributed by atoms with Gasteiger partial charge in [-0.3, -0.25) is 4.79 Å². The highest BCUT2D eigenvalue weighted by molar-refractivity contribution is 6.62. The number of hydrogen-bond donors (Lipinski definition) is 2. The zero-order valence-corrected chi connectivity index (χ0v) is 21.1. The molecule has 0 aromatic rings. The molecule has 0 radical (unpaired) electrons. The number of nitrogens with zero attached hydrogens (tertiary/aromatic N) is 1. The van der Waals surface area contributed by atoms with Gasteiger partial charge in [0.1, 0.15) is 5.92 Å². The third-order valence-electron chi connectivity index (χ3n) is 8.58. The molecule has 32 heavy (non-hydrogen) atoms. The van der Waals surface area contributed by atoms with Crippen LogP contribution in [-0.2, 0) is 18.1 Å². The first kappa shape index (κ1) is 24.2. The molecule has 4 rings (SSSR count). The Morgan fingerprint density at radius 3 is 2.28 bits per heavy atom. The number of carbonyl (C=O) groups is 1. The van der Waals surface area contributed by atoms with Gasteiger partial charge < -0.3 is 23.9 Å². The Labute approximate surface area is 194 Å². The van der Waals surface area contributed by atoms with Gasteiger partial charge in [-0.2, -0.15) is 5.26 Å². The molecule has 4 fully saturated rings. The molecule has 0 aromatic heterocycles. The summed E-state index contributed by atoms with van der Waals surface area (Å²) in [4.78, 5) is 12.8. The van der Waals surface area contributed by atoms with Gasteiger partial charge in [0.2, 0.25) is 5.91 Å². The lowest BCUT2D eigenvalue weighted by molar-refractivity contribution is -0.122. The largest absolute Gasteiger partial charge is 0.504 e. The number of fused-ring (bicyclic) bond motifs is 3. The first-order valence-corrected chi connectivity index (χ1v) is 14.7. The first-order valence-electron chi connectivity index (χ1n) is 12.9. The van der Waals surface area contributed by atoms with Crippen LogP contribution in [0.1, 0.15) is 59.8 Å². The maximum absolute atomic E-state index is 12.8. The molecule has 8 heteroatoms. The van der Waals surface area contributed by atoms with Gasteiger partial charge in [-0.25, -0.2) is 0 Å². The number of hydrogen-bond acceptors (Lipinski definition) is 6. The van der Waals surface area contributed by atoms with Crippen LogP contribution in [0.25, 0.3) is 0 Å². The zero-order chi connectivity index (χ0) is 22.9. The van der Waals surface area contributed by atoms with Crippen LogP contribution < -0.4 is 10.6 Å². The minimum absolute atomic E-state index is 0.0356. The summed E-state index contributed by atoms with van der Waals surface area (Å²) >= 11 is 0. The van der Waals surface area contributed by atoms with Crippen LogP contribution in [0.15, 0.2) is 0 Å². The summed E-state index contributed by atoms with van der Waals surface area (Å²) in [5.41, 5.74) is 0.108. The summed E-state index contributed by atoms with van der Waals surface area (Å²) in [5, 5.41) is 17.1. The fourth-order valence-corrected chi connectivity index (χ4v) is 11.4. The molecule has 4 aliphatic rings. The van der Waals surface area contributed by atoms with Crippen molar-refractivity contribution in [1.82, 2.24) is 10.6 Å². The van der Waals surface area contributed by atoms with Gasteiger partial charge in [-0.05, 0) is 76.7 Å². The molecule has 9 unspecified atom stereocenters.